The van der Waals surface area contributed by atoms with Crippen LogP contribution in [0.25, 0.3) is 0 Å². The molecule has 0 aromatic carbocycles. The average molecular weight is 285 g/mol. The Balaban J connectivity index is 1.86. The molecule has 0 aromatic heterocycles. The van der Waals surface area contributed by atoms with Gasteiger partial charge in [-0.1, -0.05) is 6.92 Å². The summed E-state index contributed by atoms with van der Waals surface area (Å²) in [6, 6.07) is 0. The Kier molecular flexibility index (Phi) is 5.81. The van der Waals surface area contributed by atoms with Gasteiger partial charge in [0.15, 0.2) is 0 Å². The van der Waals surface area contributed by atoms with E-state index in [-0.39, 0.29) is 30.0 Å². The Morgan fingerprint density at radius 1 is 1.35 bits per heavy atom. The quantitative estimate of drug-likeness (QED) is 0.793. The van der Waals surface area contributed by atoms with Gasteiger partial charge in [0.1, 0.15) is 0 Å². The van der Waals surface area contributed by atoms with E-state index in [0.717, 1.165) is 38.7 Å². The van der Waals surface area contributed by atoms with Gasteiger partial charge in [0.2, 0.25) is 5.91 Å². The lowest BCUT2D eigenvalue weighted by atomic mass is 9.80. The molecule has 2 rings (SSSR count). The van der Waals surface area contributed by atoms with Gasteiger partial charge in [-0.2, -0.15) is 0 Å². The maximum Gasteiger partial charge on any atom is 0.225 e. The first-order chi connectivity index (χ1) is 9.71. The molecule has 0 radical (unpaired) electrons. The largest absolute Gasteiger partial charge is 0.396 e. The topological polar surface area (TPSA) is 67.8 Å². The highest BCUT2D eigenvalue weighted by Gasteiger charge is 2.35. The van der Waals surface area contributed by atoms with E-state index in [2.05, 4.69) is 12.2 Å². The summed E-state index contributed by atoms with van der Waals surface area (Å²) < 4.78 is 11.0. The molecule has 20 heavy (non-hydrogen) atoms. The van der Waals surface area contributed by atoms with Gasteiger partial charge in [-0.05, 0) is 32.1 Å². The molecule has 2 heterocycles. The van der Waals surface area contributed by atoms with Gasteiger partial charge in [-0.25, -0.2) is 0 Å². The first-order valence-corrected chi connectivity index (χ1v) is 7.79. The van der Waals surface area contributed by atoms with Gasteiger partial charge in [0.25, 0.3) is 0 Å². The van der Waals surface area contributed by atoms with E-state index in [9.17, 15) is 9.90 Å². The summed E-state index contributed by atoms with van der Waals surface area (Å²) in [7, 11) is 0. The lowest BCUT2D eigenvalue weighted by Crippen LogP contribution is -2.48. The van der Waals surface area contributed by atoms with Crippen molar-refractivity contribution in [3.63, 3.8) is 0 Å². The van der Waals surface area contributed by atoms with E-state index >= 15 is 0 Å². The number of hydrogen-bond donors (Lipinski definition) is 2. The second kappa shape index (κ2) is 7.38. The molecule has 0 saturated carbocycles. The summed E-state index contributed by atoms with van der Waals surface area (Å²) in [5.41, 5.74) is -0.203. The number of aliphatic hydroxyl groups is 1. The molecule has 2 fully saturated rings. The van der Waals surface area contributed by atoms with E-state index in [1.165, 1.54) is 0 Å². The SMILES string of the molecule is CC[C@@H]1OCCC[C@@H]1C(=O)NCC1(CO)CCOCC1. The predicted octanol–water partition coefficient (Wildman–Crippen LogP) is 1.10. The minimum Gasteiger partial charge on any atom is -0.396 e. The van der Waals surface area contributed by atoms with Gasteiger partial charge in [-0.3, -0.25) is 4.79 Å². The standard InChI is InChI=1S/C15H27NO4/c1-2-13-12(4-3-7-20-13)14(18)16-10-15(11-17)5-8-19-9-6-15/h12-13,17H,2-11H2,1H3,(H,16,18)/t12-,13-/m0/s1. The maximum atomic E-state index is 12.4. The summed E-state index contributed by atoms with van der Waals surface area (Å²) in [5, 5.41) is 12.7. The molecule has 0 bridgehead atoms. The number of carbonyl (C=O) groups excluding carboxylic acids is 1. The van der Waals surface area contributed by atoms with E-state index in [4.69, 9.17) is 9.47 Å². The molecule has 2 atom stereocenters. The molecule has 0 unspecified atom stereocenters. The summed E-state index contributed by atoms with van der Waals surface area (Å²) in [6.45, 7) is 4.80. The predicted molar refractivity (Wildman–Crippen MR) is 75.3 cm³/mol. The molecule has 5 heteroatoms. The van der Waals surface area contributed by atoms with E-state index in [1.54, 1.807) is 0 Å². The van der Waals surface area contributed by atoms with Crippen molar-refractivity contribution >= 4 is 5.91 Å². The average Bonchev–Trinajstić information content (AvgIpc) is 2.53. The number of nitrogens with one attached hydrogen (secondary N) is 1. The summed E-state index contributed by atoms with van der Waals surface area (Å²) in [4.78, 5) is 12.4. The van der Waals surface area contributed by atoms with Crippen molar-refractivity contribution in [3.8, 4) is 0 Å². The summed E-state index contributed by atoms with van der Waals surface area (Å²) in [5.74, 6) is 0.0419. The highest BCUT2D eigenvalue weighted by molar-refractivity contribution is 5.79. The number of ether oxygens (including phenoxy) is 2. The maximum absolute atomic E-state index is 12.4. The van der Waals surface area contributed by atoms with Crippen molar-refractivity contribution in [2.75, 3.05) is 33.0 Å². The van der Waals surface area contributed by atoms with Crippen LogP contribution in [0, 0.1) is 11.3 Å². The van der Waals surface area contributed by atoms with Crippen molar-refractivity contribution in [1.29, 1.82) is 0 Å². The van der Waals surface area contributed by atoms with Crippen molar-refractivity contribution < 1.29 is 19.4 Å². The number of aliphatic hydroxyl groups excluding tert-OH is 1. The van der Waals surface area contributed by atoms with E-state index in [0.29, 0.717) is 19.8 Å². The first kappa shape index (κ1) is 15.7. The molecule has 0 aliphatic carbocycles. The van der Waals surface area contributed by atoms with Crippen LogP contribution in [0.4, 0.5) is 0 Å². The van der Waals surface area contributed by atoms with E-state index < -0.39 is 0 Å². The lowest BCUT2D eigenvalue weighted by Gasteiger charge is -2.37. The highest BCUT2D eigenvalue weighted by Crippen LogP contribution is 2.30. The Morgan fingerprint density at radius 2 is 2.10 bits per heavy atom. The molecule has 116 valence electrons. The van der Waals surface area contributed by atoms with Gasteiger partial charge < -0.3 is 19.9 Å². The minimum atomic E-state index is -0.203. The third kappa shape index (κ3) is 3.71. The molecule has 5 nitrogen and oxygen atoms in total. The van der Waals surface area contributed by atoms with Crippen LogP contribution in [-0.2, 0) is 14.3 Å². The fraction of sp³-hybridized carbons (Fsp3) is 0.933. The number of hydrogen-bond acceptors (Lipinski definition) is 4. The van der Waals surface area contributed by atoms with Gasteiger partial charge in [0.05, 0.1) is 18.6 Å². The van der Waals surface area contributed by atoms with Crippen LogP contribution in [0.15, 0.2) is 0 Å². The zero-order chi connectivity index (χ0) is 14.4. The Labute approximate surface area is 121 Å². The smallest absolute Gasteiger partial charge is 0.225 e. The van der Waals surface area contributed by atoms with E-state index in [1.807, 2.05) is 0 Å². The van der Waals surface area contributed by atoms with Crippen molar-refractivity contribution in [1.82, 2.24) is 5.32 Å². The Hall–Kier alpha value is -0.650. The van der Waals surface area contributed by atoms with Gasteiger partial charge in [0, 0.05) is 31.8 Å². The molecular formula is C15H27NO4. The van der Waals surface area contributed by atoms with Gasteiger partial charge >= 0.3 is 0 Å². The van der Waals surface area contributed by atoms with Crippen molar-refractivity contribution in [2.24, 2.45) is 11.3 Å². The molecular weight excluding hydrogens is 258 g/mol. The fourth-order valence-corrected chi connectivity index (χ4v) is 3.14. The second-order valence-corrected chi connectivity index (χ2v) is 6.05. The van der Waals surface area contributed by atoms with Crippen LogP contribution >= 0.6 is 0 Å². The Morgan fingerprint density at radius 3 is 2.75 bits per heavy atom. The third-order valence-electron chi connectivity index (χ3n) is 4.71. The normalized spacial score (nSPS) is 29.9. The van der Waals surface area contributed by atoms with Crippen molar-refractivity contribution in [3.05, 3.63) is 0 Å². The van der Waals surface area contributed by atoms with Crippen LogP contribution in [-0.4, -0.2) is 50.1 Å². The van der Waals surface area contributed by atoms with Gasteiger partial charge in [-0.15, -0.1) is 0 Å². The fourth-order valence-electron chi connectivity index (χ4n) is 3.14. The van der Waals surface area contributed by atoms with Crippen LogP contribution in [0.1, 0.15) is 39.0 Å². The zero-order valence-electron chi connectivity index (χ0n) is 12.4. The summed E-state index contributed by atoms with van der Waals surface area (Å²) in [6.07, 6.45) is 4.39. The number of carbonyl (C=O) groups is 1. The molecule has 2 saturated heterocycles. The first-order valence-electron chi connectivity index (χ1n) is 7.79. The minimum absolute atomic E-state index is 0.0377. The molecule has 2 N–H and O–H groups in total. The monoisotopic (exact) mass is 285 g/mol. The molecule has 2 aliphatic rings. The van der Waals surface area contributed by atoms with Crippen LogP contribution in [0.5, 0.6) is 0 Å². The Bertz CT molecular complexity index is 315. The highest BCUT2D eigenvalue weighted by atomic mass is 16.5. The number of rotatable bonds is 5. The molecule has 2 aliphatic heterocycles. The zero-order valence-corrected chi connectivity index (χ0v) is 12.4. The van der Waals surface area contributed by atoms with Crippen LogP contribution in [0.2, 0.25) is 0 Å². The second-order valence-electron chi connectivity index (χ2n) is 6.05. The van der Waals surface area contributed by atoms with Crippen LogP contribution in [0.3, 0.4) is 0 Å². The van der Waals surface area contributed by atoms with Crippen molar-refractivity contribution in [2.45, 2.75) is 45.1 Å². The molecule has 0 spiro atoms. The number of amides is 1. The molecule has 1 amide bonds. The third-order valence-corrected chi connectivity index (χ3v) is 4.71. The van der Waals surface area contributed by atoms with Crippen LogP contribution < -0.4 is 5.32 Å². The molecule has 0 aromatic rings. The lowest BCUT2D eigenvalue weighted by molar-refractivity contribution is -0.135. The summed E-state index contributed by atoms with van der Waals surface area (Å²) >= 11 is 0.